The van der Waals surface area contributed by atoms with Crippen LogP contribution in [0.5, 0.6) is 0 Å². The lowest BCUT2D eigenvalue weighted by Gasteiger charge is -2.12. The quantitative estimate of drug-likeness (QED) is 0.815. The third-order valence-electron chi connectivity index (χ3n) is 2.67. The van der Waals surface area contributed by atoms with E-state index in [-0.39, 0.29) is 12.6 Å². The van der Waals surface area contributed by atoms with Crippen LogP contribution in [0.4, 0.5) is 10.6 Å². The highest BCUT2D eigenvalue weighted by atomic mass is 127. The first kappa shape index (κ1) is 14.8. The molecule has 6 heteroatoms. The molecule has 0 aliphatic carbocycles. The Bertz CT molecular complexity index is 581. The molecule has 1 aromatic heterocycles. The smallest absolute Gasteiger partial charge is 0.413 e. The summed E-state index contributed by atoms with van der Waals surface area (Å²) >= 11 is 2.13. The standard InChI is InChI=1S/C14H16IN3O2/c1-10(2)18-13(12(15)8-16-18)17-14(19)20-9-11-6-4-3-5-7-11/h3-8,10H,9H2,1-2H3,(H,17,19). The molecule has 5 nitrogen and oxygen atoms in total. The molecule has 20 heavy (non-hydrogen) atoms. The van der Waals surface area contributed by atoms with E-state index in [0.29, 0.717) is 5.82 Å². The van der Waals surface area contributed by atoms with Crippen LogP contribution in [-0.4, -0.2) is 15.9 Å². The maximum atomic E-state index is 11.8. The van der Waals surface area contributed by atoms with Crippen LogP contribution >= 0.6 is 22.6 Å². The zero-order valence-electron chi connectivity index (χ0n) is 11.3. The number of carbonyl (C=O) groups excluding carboxylic acids is 1. The van der Waals surface area contributed by atoms with E-state index >= 15 is 0 Å². The second-order valence-electron chi connectivity index (χ2n) is 4.57. The molecule has 1 heterocycles. The molecule has 0 unspecified atom stereocenters. The lowest BCUT2D eigenvalue weighted by molar-refractivity contribution is 0.155. The fourth-order valence-electron chi connectivity index (χ4n) is 1.71. The summed E-state index contributed by atoms with van der Waals surface area (Å²) in [6.07, 6.45) is 1.24. The summed E-state index contributed by atoms with van der Waals surface area (Å²) in [6, 6.07) is 9.74. The van der Waals surface area contributed by atoms with Gasteiger partial charge >= 0.3 is 6.09 Å². The summed E-state index contributed by atoms with van der Waals surface area (Å²) in [5.74, 6) is 0.665. The van der Waals surface area contributed by atoms with Crippen molar-refractivity contribution in [1.82, 2.24) is 9.78 Å². The number of carbonyl (C=O) groups is 1. The van der Waals surface area contributed by atoms with Crippen molar-refractivity contribution in [3.05, 3.63) is 45.7 Å². The number of aromatic nitrogens is 2. The summed E-state index contributed by atoms with van der Waals surface area (Å²) in [4.78, 5) is 11.8. The first-order chi connectivity index (χ1) is 9.58. The van der Waals surface area contributed by atoms with Crippen molar-refractivity contribution in [2.24, 2.45) is 0 Å². The van der Waals surface area contributed by atoms with Gasteiger partial charge in [-0.05, 0) is 42.0 Å². The third kappa shape index (κ3) is 3.72. The minimum absolute atomic E-state index is 0.169. The summed E-state index contributed by atoms with van der Waals surface area (Å²) in [5, 5.41) is 6.97. The molecule has 1 N–H and O–H groups in total. The van der Waals surface area contributed by atoms with Crippen LogP contribution in [0.1, 0.15) is 25.5 Å². The SMILES string of the molecule is CC(C)n1ncc(I)c1NC(=O)OCc1ccccc1. The topological polar surface area (TPSA) is 56.2 Å². The van der Waals surface area contributed by atoms with E-state index in [1.54, 1.807) is 10.9 Å². The van der Waals surface area contributed by atoms with E-state index in [1.165, 1.54) is 0 Å². The molecule has 1 aromatic carbocycles. The highest BCUT2D eigenvalue weighted by Gasteiger charge is 2.14. The Morgan fingerprint density at radius 2 is 2.10 bits per heavy atom. The number of nitrogens with zero attached hydrogens (tertiary/aromatic N) is 2. The van der Waals surface area contributed by atoms with Gasteiger partial charge in [0.2, 0.25) is 0 Å². The van der Waals surface area contributed by atoms with Gasteiger partial charge in [-0.2, -0.15) is 5.10 Å². The Morgan fingerprint density at radius 3 is 2.75 bits per heavy atom. The predicted octanol–water partition coefficient (Wildman–Crippen LogP) is 3.82. The van der Waals surface area contributed by atoms with Crippen LogP contribution in [0.2, 0.25) is 0 Å². The molecule has 0 spiro atoms. The number of halogens is 1. The van der Waals surface area contributed by atoms with Crippen molar-refractivity contribution in [2.45, 2.75) is 26.5 Å². The van der Waals surface area contributed by atoms with Gasteiger partial charge in [0, 0.05) is 6.04 Å². The summed E-state index contributed by atoms with van der Waals surface area (Å²) in [5.41, 5.74) is 0.953. The molecule has 0 aliphatic heterocycles. The van der Waals surface area contributed by atoms with Crippen LogP contribution < -0.4 is 5.32 Å². The van der Waals surface area contributed by atoms with Gasteiger partial charge in [0.05, 0.1) is 9.77 Å². The van der Waals surface area contributed by atoms with Crippen LogP contribution in [0.25, 0.3) is 0 Å². The fraction of sp³-hybridized carbons (Fsp3) is 0.286. The minimum Gasteiger partial charge on any atom is -0.444 e. The van der Waals surface area contributed by atoms with Crippen LogP contribution in [0.3, 0.4) is 0 Å². The molecular weight excluding hydrogens is 369 g/mol. The summed E-state index contributed by atoms with van der Waals surface area (Å²) < 4.78 is 7.83. The van der Waals surface area contributed by atoms with Crippen LogP contribution in [-0.2, 0) is 11.3 Å². The second kappa shape index (κ2) is 6.74. The predicted molar refractivity (Wildman–Crippen MR) is 85.6 cm³/mol. The first-order valence-electron chi connectivity index (χ1n) is 6.28. The number of nitrogens with one attached hydrogen (secondary N) is 1. The largest absolute Gasteiger partial charge is 0.444 e. The average molecular weight is 385 g/mol. The molecule has 0 fully saturated rings. The van der Waals surface area contributed by atoms with Gasteiger partial charge in [-0.15, -0.1) is 0 Å². The number of amides is 1. The second-order valence-corrected chi connectivity index (χ2v) is 5.73. The van der Waals surface area contributed by atoms with Crippen molar-refractivity contribution in [3.63, 3.8) is 0 Å². The molecule has 0 saturated heterocycles. The number of anilines is 1. The normalized spacial score (nSPS) is 10.6. The minimum atomic E-state index is -0.478. The molecule has 0 radical (unpaired) electrons. The van der Waals surface area contributed by atoms with Crippen molar-refractivity contribution < 1.29 is 9.53 Å². The third-order valence-corrected chi connectivity index (χ3v) is 3.46. The van der Waals surface area contributed by atoms with Crippen LogP contribution in [0.15, 0.2) is 36.5 Å². The fourth-order valence-corrected chi connectivity index (χ4v) is 2.21. The number of hydrogen-bond acceptors (Lipinski definition) is 3. The molecule has 0 aliphatic rings. The van der Waals surface area contributed by atoms with Gasteiger partial charge in [0.25, 0.3) is 0 Å². The van der Waals surface area contributed by atoms with Gasteiger partial charge in [-0.25, -0.2) is 9.48 Å². The van der Waals surface area contributed by atoms with E-state index in [1.807, 2.05) is 44.2 Å². The lowest BCUT2D eigenvalue weighted by Crippen LogP contribution is -2.18. The van der Waals surface area contributed by atoms with Gasteiger partial charge in [0.1, 0.15) is 12.4 Å². The Labute approximate surface area is 131 Å². The molecule has 0 bridgehead atoms. The van der Waals surface area contributed by atoms with E-state index in [9.17, 15) is 4.79 Å². The first-order valence-corrected chi connectivity index (χ1v) is 7.36. The monoisotopic (exact) mass is 385 g/mol. The molecule has 2 aromatic rings. The number of hydrogen-bond donors (Lipinski definition) is 1. The van der Waals surface area contributed by atoms with Gasteiger partial charge in [-0.3, -0.25) is 5.32 Å². The lowest BCUT2D eigenvalue weighted by atomic mass is 10.2. The van der Waals surface area contributed by atoms with Crippen molar-refractivity contribution >= 4 is 34.5 Å². The average Bonchev–Trinajstić information content (AvgIpc) is 2.79. The van der Waals surface area contributed by atoms with Gasteiger partial charge in [0.15, 0.2) is 0 Å². The Kier molecular flexibility index (Phi) is 4.99. The maximum Gasteiger partial charge on any atom is 0.413 e. The molecule has 0 saturated carbocycles. The van der Waals surface area contributed by atoms with Crippen LogP contribution in [0, 0.1) is 3.57 Å². The van der Waals surface area contributed by atoms with E-state index < -0.39 is 6.09 Å². The molecule has 2 rings (SSSR count). The van der Waals surface area contributed by atoms with Gasteiger partial charge in [-0.1, -0.05) is 30.3 Å². The van der Waals surface area contributed by atoms with E-state index in [2.05, 4.69) is 33.0 Å². The summed E-state index contributed by atoms with van der Waals surface area (Å²) in [6.45, 7) is 4.26. The van der Waals surface area contributed by atoms with Crippen molar-refractivity contribution in [3.8, 4) is 0 Å². The Morgan fingerprint density at radius 1 is 1.40 bits per heavy atom. The van der Waals surface area contributed by atoms with Crippen molar-refractivity contribution in [2.75, 3.05) is 5.32 Å². The molecule has 106 valence electrons. The van der Waals surface area contributed by atoms with E-state index in [4.69, 9.17) is 4.74 Å². The van der Waals surface area contributed by atoms with E-state index in [0.717, 1.165) is 9.13 Å². The highest BCUT2D eigenvalue weighted by molar-refractivity contribution is 14.1. The number of rotatable bonds is 4. The Hall–Kier alpha value is -1.57. The Balaban J connectivity index is 1.97. The molecular formula is C14H16IN3O2. The number of ether oxygens (including phenoxy) is 1. The molecule has 0 atom stereocenters. The van der Waals surface area contributed by atoms with Crippen molar-refractivity contribution in [1.29, 1.82) is 0 Å². The maximum absolute atomic E-state index is 11.8. The highest BCUT2D eigenvalue weighted by Crippen LogP contribution is 2.21. The van der Waals surface area contributed by atoms with Gasteiger partial charge < -0.3 is 4.74 Å². The zero-order valence-corrected chi connectivity index (χ0v) is 13.5. The zero-order chi connectivity index (χ0) is 14.5. The molecule has 1 amide bonds. The summed E-state index contributed by atoms with van der Waals surface area (Å²) in [7, 11) is 0. The number of benzene rings is 1.